The summed E-state index contributed by atoms with van der Waals surface area (Å²) in [7, 11) is 0. The van der Waals surface area contributed by atoms with E-state index in [4.69, 9.17) is 9.47 Å². The Morgan fingerprint density at radius 1 is 1.28 bits per heavy atom. The Hall–Kier alpha value is -1.26. The largest absolute Gasteiger partial charge is 0.486 e. The van der Waals surface area contributed by atoms with Crippen molar-refractivity contribution in [2.45, 2.75) is 32.4 Å². The normalized spacial score (nSPS) is 17.3. The van der Waals surface area contributed by atoms with Crippen LogP contribution in [0.4, 0.5) is 0 Å². The molecule has 0 saturated carbocycles. The van der Waals surface area contributed by atoms with Gasteiger partial charge in [0.1, 0.15) is 13.2 Å². The van der Waals surface area contributed by atoms with Crippen molar-refractivity contribution < 1.29 is 14.6 Å². The molecule has 2 atom stereocenters. The molecule has 2 N–H and O–H groups in total. The molecule has 1 unspecified atom stereocenters. The predicted octanol–water partition coefficient (Wildman–Crippen LogP) is 1.88. The lowest BCUT2D eigenvalue weighted by molar-refractivity contribution is 0.171. The lowest BCUT2D eigenvalue weighted by Gasteiger charge is -2.23. The molecule has 100 valence electrons. The number of benzene rings is 1. The topological polar surface area (TPSA) is 50.7 Å². The van der Waals surface area contributed by atoms with Crippen LogP contribution in [0.1, 0.15) is 31.9 Å². The highest BCUT2D eigenvalue weighted by Crippen LogP contribution is 2.32. The number of ether oxygens (including phenoxy) is 2. The van der Waals surface area contributed by atoms with Crippen LogP contribution in [0.3, 0.4) is 0 Å². The average Bonchev–Trinajstić information content (AvgIpc) is 2.44. The molecule has 0 aromatic heterocycles. The van der Waals surface area contributed by atoms with Gasteiger partial charge in [-0.3, -0.25) is 0 Å². The van der Waals surface area contributed by atoms with Gasteiger partial charge in [0.15, 0.2) is 11.5 Å². The molecular weight excluding hydrogens is 230 g/mol. The van der Waals surface area contributed by atoms with Crippen molar-refractivity contribution in [2.24, 2.45) is 0 Å². The van der Waals surface area contributed by atoms with Crippen LogP contribution in [0.2, 0.25) is 0 Å². The first kappa shape index (κ1) is 13.2. The van der Waals surface area contributed by atoms with Crippen molar-refractivity contribution in [2.75, 3.05) is 19.8 Å². The zero-order valence-electron chi connectivity index (χ0n) is 11.0. The predicted molar refractivity (Wildman–Crippen MR) is 70.1 cm³/mol. The summed E-state index contributed by atoms with van der Waals surface area (Å²) in [5.41, 5.74) is 1.14. The molecule has 18 heavy (non-hydrogen) atoms. The first-order chi connectivity index (χ1) is 8.74. The van der Waals surface area contributed by atoms with Crippen LogP contribution in [0.25, 0.3) is 0 Å². The van der Waals surface area contributed by atoms with Crippen molar-refractivity contribution in [3.8, 4) is 11.5 Å². The fraction of sp³-hybridized carbons (Fsp3) is 0.571. The highest BCUT2D eigenvalue weighted by molar-refractivity contribution is 5.44. The van der Waals surface area contributed by atoms with Gasteiger partial charge in [-0.2, -0.15) is 0 Å². The molecule has 0 spiro atoms. The number of aliphatic hydroxyl groups is 1. The van der Waals surface area contributed by atoms with Crippen molar-refractivity contribution in [3.63, 3.8) is 0 Å². The van der Waals surface area contributed by atoms with E-state index in [0.29, 0.717) is 13.2 Å². The van der Waals surface area contributed by atoms with Gasteiger partial charge in [0.05, 0.1) is 6.61 Å². The Kier molecular flexibility index (Phi) is 4.44. The van der Waals surface area contributed by atoms with E-state index >= 15 is 0 Å². The van der Waals surface area contributed by atoms with E-state index in [1.807, 2.05) is 18.2 Å². The number of fused-ring (bicyclic) bond motifs is 1. The standard InChI is InChI=1S/C14H21NO3/c1-3-12(9-16)15-10(2)11-4-5-13-14(8-11)18-7-6-17-13/h4-5,8,10,12,15-16H,3,6-7,9H2,1-2H3/t10?,12-/m0/s1. The zero-order chi connectivity index (χ0) is 13.0. The quantitative estimate of drug-likeness (QED) is 0.839. The van der Waals surface area contributed by atoms with Crippen LogP contribution in [-0.4, -0.2) is 31.0 Å². The summed E-state index contributed by atoms with van der Waals surface area (Å²) in [6, 6.07) is 6.30. The van der Waals surface area contributed by atoms with E-state index in [1.165, 1.54) is 0 Å². The first-order valence-corrected chi connectivity index (χ1v) is 6.51. The van der Waals surface area contributed by atoms with Crippen LogP contribution in [0.5, 0.6) is 11.5 Å². The van der Waals surface area contributed by atoms with E-state index in [2.05, 4.69) is 19.2 Å². The molecule has 0 saturated heterocycles. The highest BCUT2D eigenvalue weighted by atomic mass is 16.6. The lowest BCUT2D eigenvalue weighted by atomic mass is 10.1. The molecule has 1 aliphatic heterocycles. The maximum atomic E-state index is 9.21. The third kappa shape index (κ3) is 2.94. The van der Waals surface area contributed by atoms with Gasteiger partial charge in [0.25, 0.3) is 0 Å². The number of hydrogen-bond donors (Lipinski definition) is 2. The summed E-state index contributed by atoms with van der Waals surface area (Å²) < 4.78 is 11.1. The SMILES string of the molecule is CC[C@@H](CO)NC(C)c1ccc2c(c1)OCCO2. The Balaban J connectivity index is 2.08. The van der Waals surface area contributed by atoms with Gasteiger partial charge in [-0.1, -0.05) is 13.0 Å². The van der Waals surface area contributed by atoms with Crippen LogP contribution >= 0.6 is 0 Å². The molecule has 0 bridgehead atoms. The summed E-state index contributed by atoms with van der Waals surface area (Å²) in [4.78, 5) is 0. The van der Waals surface area contributed by atoms with Crippen molar-refractivity contribution >= 4 is 0 Å². The summed E-state index contributed by atoms with van der Waals surface area (Å²) in [5, 5.41) is 12.6. The second-order valence-corrected chi connectivity index (χ2v) is 4.58. The summed E-state index contributed by atoms with van der Waals surface area (Å²) in [5.74, 6) is 1.62. The summed E-state index contributed by atoms with van der Waals surface area (Å²) in [6.45, 7) is 5.52. The third-order valence-electron chi connectivity index (χ3n) is 3.27. The smallest absolute Gasteiger partial charge is 0.161 e. The molecule has 1 heterocycles. The number of aliphatic hydroxyl groups excluding tert-OH is 1. The maximum absolute atomic E-state index is 9.21. The molecule has 4 heteroatoms. The van der Waals surface area contributed by atoms with Crippen LogP contribution in [0, 0.1) is 0 Å². The van der Waals surface area contributed by atoms with Crippen LogP contribution in [0.15, 0.2) is 18.2 Å². The van der Waals surface area contributed by atoms with Gasteiger partial charge >= 0.3 is 0 Å². The Morgan fingerprint density at radius 3 is 2.67 bits per heavy atom. The van der Waals surface area contributed by atoms with Gasteiger partial charge in [0, 0.05) is 12.1 Å². The second kappa shape index (κ2) is 6.07. The van der Waals surface area contributed by atoms with E-state index in [-0.39, 0.29) is 18.7 Å². The number of nitrogens with one attached hydrogen (secondary N) is 1. The first-order valence-electron chi connectivity index (χ1n) is 6.51. The molecule has 0 fully saturated rings. The Morgan fingerprint density at radius 2 is 2.00 bits per heavy atom. The van der Waals surface area contributed by atoms with E-state index in [1.54, 1.807) is 0 Å². The summed E-state index contributed by atoms with van der Waals surface area (Å²) >= 11 is 0. The molecular formula is C14H21NO3. The Bertz CT molecular complexity index is 391. The minimum atomic E-state index is 0.133. The molecule has 1 aliphatic rings. The maximum Gasteiger partial charge on any atom is 0.161 e. The van der Waals surface area contributed by atoms with Gasteiger partial charge in [-0.25, -0.2) is 0 Å². The number of rotatable bonds is 5. The molecule has 0 amide bonds. The molecule has 0 radical (unpaired) electrons. The minimum Gasteiger partial charge on any atom is -0.486 e. The van der Waals surface area contributed by atoms with Crippen LogP contribution < -0.4 is 14.8 Å². The summed E-state index contributed by atoms with van der Waals surface area (Å²) in [6.07, 6.45) is 0.908. The lowest BCUT2D eigenvalue weighted by Crippen LogP contribution is -2.33. The second-order valence-electron chi connectivity index (χ2n) is 4.58. The van der Waals surface area contributed by atoms with Crippen LogP contribution in [-0.2, 0) is 0 Å². The van der Waals surface area contributed by atoms with Crippen molar-refractivity contribution in [1.29, 1.82) is 0 Å². The van der Waals surface area contributed by atoms with Crippen molar-refractivity contribution in [3.05, 3.63) is 23.8 Å². The molecule has 2 rings (SSSR count). The van der Waals surface area contributed by atoms with Gasteiger partial charge in [-0.05, 0) is 31.0 Å². The third-order valence-corrected chi connectivity index (χ3v) is 3.27. The van der Waals surface area contributed by atoms with E-state index in [0.717, 1.165) is 23.5 Å². The Labute approximate surface area is 108 Å². The van der Waals surface area contributed by atoms with E-state index < -0.39 is 0 Å². The zero-order valence-corrected chi connectivity index (χ0v) is 11.0. The van der Waals surface area contributed by atoms with E-state index in [9.17, 15) is 5.11 Å². The monoisotopic (exact) mass is 251 g/mol. The fourth-order valence-corrected chi connectivity index (χ4v) is 2.08. The van der Waals surface area contributed by atoms with Gasteiger partial charge < -0.3 is 19.9 Å². The van der Waals surface area contributed by atoms with Gasteiger partial charge in [-0.15, -0.1) is 0 Å². The van der Waals surface area contributed by atoms with Gasteiger partial charge in [0.2, 0.25) is 0 Å². The molecule has 0 aliphatic carbocycles. The molecule has 1 aromatic carbocycles. The number of hydrogen-bond acceptors (Lipinski definition) is 4. The minimum absolute atomic E-state index is 0.133. The molecule has 4 nitrogen and oxygen atoms in total. The average molecular weight is 251 g/mol. The fourth-order valence-electron chi connectivity index (χ4n) is 2.08. The molecule has 1 aromatic rings. The van der Waals surface area contributed by atoms with Crippen molar-refractivity contribution in [1.82, 2.24) is 5.32 Å². The highest BCUT2D eigenvalue weighted by Gasteiger charge is 2.16.